The first-order valence-electron chi connectivity index (χ1n) is 10.7. The van der Waals surface area contributed by atoms with E-state index in [1.165, 1.54) is 21.3 Å². The smallest absolute Gasteiger partial charge is 0.299 e. The Morgan fingerprint density at radius 1 is 0.909 bits per heavy atom. The summed E-state index contributed by atoms with van der Waals surface area (Å²) in [5, 5.41) is 0. The van der Waals surface area contributed by atoms with Crippen LogP contribution in [0.5, 0.6) is 5.75 Å². The van der Waals surface area contributed by atoms with Crippen LogP contribution in [-0.2, 0) is 21.4 Å². The van der Waals surface area contributed by atoms with Gasteiger partial charge in [-0.25, -0.2) is 8.42 Å². The van der Waals surface area contributed by atoms with E-state index >= 15 is 0 Å². The maximum Gasteiger partial charge on any atom is 0.299 e. The third kappa shape index (κ3) is 3.92. The number of ketones is 1. The number of anilines is 1. The first-order valence-corrected chi connectivity index (χ1v) is 12.1. The lowest BCUT2D eigenvalue weighted by Crippen LogP contribution is -2.53. The number of hydrogen-bond donors (Lipinski definition) is 0. The Hall–Kier alpha value is -3.49. The first-order chi connectivity index (χ1) is 15.9. The second kappa shape index (κ2) is 8.46. The molecule has 2 aliphatic rings. The van der Waals surface area contributed by atoms with Crippen molar-refractivity contribution in [3.63, 3.8) is 0 Å². The molecule has 0 aliphatic carbocycles. The van der Waals surface area contributed by atoms with Crippen LogP contribution in [0.3, 0.4) is 0 Å². The minimum absolute atomic E-state index is 0.00775. The fraction of sp³-hybridized carbons (Fsp3) is 0.200. The van der Waals surface area contributed by atoms with E-state index in [0.29, 0.717) is 24.4 Å². The summed E-state index contributed by atoms with van der Waals surface area (Å²) in [6.45, 7) is 0.876. The number of para-hydroxylation sites is 1. The van der Waals surface area contributed by atoms with Gasteiger partial charge in [0.2, 0.25) is 10.0 Å². The summed E-state index contributed by atoms with van der Waals surface area (Å²) in [7, 11) is -3.82. The standard InChI is InChI=1S/C25H22N2O5S/c28-24-22-15-21(11-12-23(22)26(25(24)29)16-18-7-3-1-4-8-18)33(30,31)27-14-13-19(27)17-32-20-9-5-2-6-10-20/h1-12,15,19H,13-14,16-17H2. The summed E-state index contributed by atoms with van der Waals surface area (Å²) in [5.41, 5.74) is 1.43. The summed E-state index contributed by atoms with van der Waals surface area (Å²) < 4.78 is 33.6. The van der Waals surface area contributed by atoms with E-state index in [4.69, 9.17) is 4.74 Å². The van der Waals surface area contributed by atoms with Gasteiger partial charge in [-0.15, -0.1) is 0 Å². The molecular weight excluding hydrogens is 440 g/mol. The first kappa shape index (κ1) is 21.4. The Balaban J connectivity index is 1.36. The molecule has 0 saturated carbocycles. The summed E-state index contributed by atoms with van der Waals surface area (Å²) in [4.78, 5) is 26.6. The fourth-order valence-electron chi connectivity index (χ4n) is 4.11. The van der Waals surface area contributed by atoms with Crippen LogP contribution in [0.25, 0.3) is 0 Å². The average molecular weight is 463 g/mol. The van der Waals surface area contributed by atoms with E-state index < -0.39 is 21.7 Å². The van der Waals surface area contributed by atoms with Crippen molar-refractivity contribution >= 4 is 27.4 Å². The van der Waals surface area contributed by atoms with Gasteiger partial charge in [-0.1, -0.05) is 48.5 Å². The predicted molar refractivity (Wildman–Crippen MR) is 123 cm³/mol. The minimum Gasteiger partial charge on any atom is -0.492 e. The number of Topliss-reactive ketones (excluding diaryl/α,β-unsaturated/α-hetero) is 1. The summed E-state index contributed by atoms with van der Waals surface area (Å²) in [6.07, 6.45) is 0.694. The van der Waals surface area contributed by atoms with E-state index in [9.17, 15) is 18.0 Å². The summed E-state index contributed by atoms with van der Waals surface area (Å²) in [6, 6.07) is 22.6. The minimum atomic E-state index is -3.82. The quantitative estimate of drug-likeness (QED) is 0.504. The molecule has 2 heterocycles. The molecule has 33 heavy (non-hydrogen) atoms. The fourth-order valence-corrected chi connectivity index (χ4v) is 5.79. The van der Waals surface area contributed by atoms with Gasteiger partial charge >= 0.3 is 0 Å². The topological polar surface area (TPSA) is 84.0 Å². The maximum atomic E-state index is 13.3. The highest BCUT2D eigenvalue weighted by Crippen LogP contribution is 2.35. The molecule has 2 aliphatic heterocycles. The van der Waals surface area contributed by atoms with Gasteiger partial charge < -0.3 is 9.64 Å². The van der Waals surface area contributed by atoms with Crippen LogP contribution >= 0.6 is 0 Å². The van der Waals surface area contributed by atoms with Crippen LogP contribution in [0.15, 0.2) is 83.8 Å². The van der Waals surface area contributed by atoms with Crippen LogP contribution in [-0.4, -0.2) is 43.6 Å². The van der Waals surface area contributed by atoms with Crippen molar-refractivity contribution in [1.29, 1.82) is 0 Å². The highest BCUT2D eigenvalue weighted by Gasteiger charge is 2.41. The Morgan fingerprint density at radius 2 is 1.61 bits per heavy atom. The van der Waals surface area contributed by atoms with Gasteiger partial charge in [0.05, 0.1) is 28.7 Å². The lowest BCUT2D eigenvalue weighted by atomic mass is 10.1. The van der Waals surface area contributed by atoms with Crippen molar-refractivity contribution in [2.75, 3.05) is 18.1 Å². The normalized spacial score (nSPS) is 18.2. The molecule has 0 radical (unpaired) electrons. The molecule has 1 saturated heterocycles. The molecule has 8 heteroatoms. The van der Waals surface area contributed by atoms with Crippen molar-refractivity contribution in [3.05, 3.63) is 90.0 Å². The summed E-state index contributed by atoms with van der Waals surface area (Å²) >= 11 is 0. The monoisotopic (exact) mass is 462 g/mol. The molecule has 168 valence electrons. The Kier molecular flexibility index (Phi) is 5.47. The average Bonchev–Trinajstić information content (AvgIpc) is 3.04. The third-order valence-corrected chi connectivity index (χ3v) is 7.96. The molecule has 5 rings (SSSR count). The van der Waals surface area contributed by atoms with E-state index in [1.54, 1.807) is 6.07 Å². The largest absolute Gasteiger partial charge is 0.492 e. The lowest BCUT2D eigenvalue weighted by Gasteiger charge is -2.39. The second-order valence-corrected chi connectivity index (χ2v) is 9.96. The van der Waals surface area contributed by atoms with Gasteiger partial charge in [0.15, 0.2) is 0 Å². The number of ether oxygens (including phenoxy) is 1. The van der Waals surface area contributed by atoms with Crippen molar-refractivity contribution in [3.8, 4) is 5.75 Å². The van der Waals surface area contributed by atoms with Gasteiger partial charge in [0.1, 0.15) is 12.4 Å². The van der Waals surface area contributed by atoms with E-state index in [-0.39, 0.29) is 29.7 Å². The number of benzene rings is 3. The number of hydrogen-bond acceptors (Lipinski definition) is 5. The molecule has 7 nitrogen and oxygen atoms in total. The van der Waals surface area contributed by atoms with Crippen molar-refractivity contribution in [2.24, 2.45) is 0 Å². The zero-order valence-corrected chi connectivity index (χ0v) is 18.6. The van der Waals surface area contributed by atoms with E-state index in [0.717, 1.165) is 5.56 Å². The number of amides is 1. The van der Waals surface area contributed by atoms with Gasteiger partial charge in [-0.2, -0.15) is 4.31 Å². The van der Waals surface area contributed by atoms with Gasteiger partial charge in [0.25, 0.3) is 11.7 Å². The molecule has 1 atom stereocenters. The maximum absolute atomic E-state index is 13.3. The van der Waals surface area contributed by atoms with E-state index in [2.05, 4.69) is 0 Å². The number of nitrogens with zero attached hydrogens (tertiary/aromatic N) is 2. The number of carbonyl (C=O) groups excluding carboxylic acids is 2. The highest BCUT2D eigenvalue weighted by atomic mass is 32.2. The van der Waals surface area contributed by atoms with Crippen molar-refractivity contribution < 1.29 is 22.7 Å². The number of sulfonamides is 1. The Morgan fingerprint density at radius 3 is 2.27 bits per heavy atom. The summed E-state index contributed by atoms with van der Waals surface area (Å²) in [5.74, 6) is -0.658. The number of fused-ring (bicyclic) bond motifs is 1. The molecule has 0 bridgehead atoms. The lowest BCUT2D eigenvalue weighted by molar-refractivity contribution is -0.114. The Labute approximate surface area is 192 Å². The molecular formula is C25H22N2O5S. The highest BCUT2D eigenvalue weighted by molar-refractivity contribution is 7.89. The van der Waals surface area contributed by atoms with E-state index in [1.807, 2.05) is 60.7 Å². The van der Waals surface area contributed by atoms with Crippen LogP contribution in [0, 0.1) is 0 Å². The predicted octanol–water partition coefficient (Wildman–Crippen LogP) is 3.26. The van der Waals surface area contributed by atoms with Crippen molar-refractivity contribution in [2.45, 2.75) is 23.9 Å². The number of rotatable bonds is 7. The molecule has 0 aromatic heterocycles. The Bertz CT molecular complexity index is 1310. The molecule has 3 aromatic carbocycles. The number of carbonyl (C=O) groups is 2. The third-order valence-electron chi connectivity index (χ3n) is 6.01. The second-order valence-electron chi connectivity index (χ2n) is 8.07. The van der Waals surface area contributed by atoms with Crippen LogP contribution in [0.1, 0.15) is 22.3 Å². The van der Waals surface area contributed by atoms with Gasteiger partial charge in [-0.05, 0) is 42.3 Å². The molecule has 0 spiro atoms. The molecule has 1 unspecified atom stereocenters. The van der Waals surface area contributed by atoms with Crippen LogP contribution in [0.2, 0.25) is 0 Å². The van der Waals surface area contributed by atoms with Crippen LogP contribution < -0.4 is 9.64 Å². The van der Waals surface area contributed by atoms with Crippen molar-refractivity contribution in [1.82, 2.24) is 4.31 Å². The van der Waals surface area contributed by atoms with Gasteiger partial charge in [0, 0.05) is 6.54 Å². The zero-order chi connectivity index (χ0) is 23.0. The molecule has 0 N–H and O–H groups in total. The van der Waals surface area contributed by atoms with Gasteiger partial charge in [-0.3, -0.25) is 9.59 Å². The molecule has 1 fully saturated rings. The zero-order valence-electron chi connectivity index (χ0n) is 17.8. The SMILES string of the molecule is O=C1C(=O)N(Cc2ccccc2)c2ccc(S(=O)(=O)N3CCC3COc3ccccc3)cc21. The molecule has 3 aromatic rings. The molecule has 1 amide bonds. The van der Waals surface area contributed by atoms with Crippen LogP contribution in [0.4, 0.5) is 5.69 Å².